The SMILES string of the molecule is C.C.C.C.C.C.CCC(C)(CC(C)(CC(C)(C)C(=O)OC1CC(=O)OC1(C)C)C(=O)OC12CC3CC(O)(CC(O)(C3)C1)C2)C(=O)OC(C)(CC)C12CC3CC(CC(C3)C1)C2. The summed E-state index contributed by atoms with van der Waals surface area (Å²) in [6.07, 6.45) is 9.98. The second-order valence-corrected chi connectivity index (χ2v) is 22.1. The van der Waals surface area contributed by atoms with Crippen LogP contribution >= 0.6 is 0 Å². The minimum atomic E-state index is -1.37. The molecule has 9 aliphatic rings. The van der Waals surface area contributed by atoms with Gasteiger partial charge in [0.25, 0.3) is 0 Å². The number of esters is 4. The summed E-state index contributed by atoms with van der Waals surface area (Å²) in [6, 6.07) is 0. The van der Waals surface area contributed by atoms with Crippen LogP contribution in [-0.2, 0) is 38.1 Å². The highest BCUT2D eigenvalue weighted by Crippen LogP contribution is 2.66. The number of ether oxygens (including phenoxy) is 4. The normalized spacial score (nSPS) is 37.9. The highest BCUT2D eigenvalue weighted by Gasteiger charge is 2.66. The number of hydrogen-bond donors (Lipinski definition) is 2. The average Bonchev–Trinajstić information content (AvgIpc) is 3.27. The first-order valence-corrected chi connectivity index (χ1v) is 21.2. The van der Waals surface area contributed by atoms with Crippen molar-refractivity contribution < 1.29 is 48.3 Å². The molecule has 10 nitrogen and oxygen atoms in total. The first-order valence-electron chi connectivity index (χ1n) is 21.2. The van der Waals surface area contributed by atoms with E-state index in [-0.39, 0.29) is 100 Å². The number of rotatable bonds is 13. The summed E-state index contributed by atoms with van der Waals surface area (Å²) in [5.41, 5.74) is -8.64. The smallest absolute Gasteiger partial charge is 0.312 e. The zero-order valence-corrected chi connectivity index (χ0v) is 34.6. The van der Waals surface area contributed by atoms with Crippen molar-refractivity contribution in [2.24, 2.45) is 45.3 Å². The Labute approximate surface area is 366 Å². The molecular formula is C50H92O10. The molecule has 352 valence electrons. The Morgan fingerprint density at radius 3 is 1.58 bits per heavy atom. The van der Waals surface area contributed by atoms with E-state index >= 15 is 0 Å². The number of aliphatic hydroxyl groups is 2. The summed E-state index contributed by atoms with van der Waals surface area (Å²) in [5, 5.41) is 23.0. The van der Waals surface area contributed by atoms with Gasteiger partial charge in [-0.1, -0.05) is 58.4 Å². The molecule has 0 amide bonds. The van der Waals surface area contributed by atoms with Gasteiger partial charge in [0.15, 0.2) is 6.10 Å². The van der Waals surface area contributed by atoms with E-state index in [9.17, 15) is 29.4 Å². The predicted molar refractivity (Wildman–Crippen MR) is 240 cm³/mol. The molecule has 1 aliphatic heterocycles. The molecule has 8 aliphatic carbocycles. The third-order valence-electron chi connectivity index (χ3n) is 16.1. The summed E-state index contributed by atoms with van der Waals surface area (Å²) in [6.45, 7) is 16.7. The molecule has 0 radical (unpaired) electrons. The van der Waals surface area contributed by atoms with Crippen LogP contribution in [0, 0.1) is 45.3 Å². The maximum absolute atomic E-state index is 15.0. The Balaban J connectivity index is 0.00000300. The van der Waals surface area contributed by atoms with Crippen molar-refractivity contribution in [1.29, 1.82) is 0 Å². The summed E-state index contributed by atoms with van der Waals surface area (Å²) >= 11 is 0. The van der Waals surface area contributed by atoms with Gasteiger partial charge in [-0.15, -0.1) is 0 Å². The van der Waals surface area contributed by atoms with E-state index in [1.165, 1.54) is 19.3 Å². The topological polar surface area (TPSA) is 146 Å². The molecule has 0 aromatic carbocycles. The summed E-state index contributed by atoms with van der Waals surface area (Å²) in [4.78, 5) is 56.0. The van der Waals surface area contributed by atoms with Crippen LogP contribution in [-0.4, -0.2) is 68.2 Å². The lowest BCUT2D eigenvalue weighted by Crippen LogP contribution is -2.67. The van der Waals surface area contributed by atoms with E-state index in [1.807, 2.05) is 13.8 Å². The molecule has 8 bridgehead atoms. The van der Waals surface area contributed by atoms with Crippen LogP contribution in [0.4, 0.5) is 0 Å². The zero-order chi connectivity index (χ0) is 39.5. The molecule has 8 saturated carbocycles. The Bertz CT molecular complexity index is 1510. The number of cyclic esters (lactones) is 1. The van der Waals surface area contributed by atoms with Gasteiger partial charge in [0.1, 0.15) is 16.8 Å². The molecule has 6 atom stereocenters. The van der Waals surface area contributed by atoms with Crippen LogP contribution in [0.25, 0.3) is 0 Å². The molecule has 0 aromatic heterocycles. The van der Waals surface area contributed by atoms with Gasteiger partial charge in [0.05, 0.1) is 33.9 Å². The summed E-state index contributed by atoms with van der Waals surface area (Å²) < 4.78 is 24.8. The van der Waals surface area contributed by atoms with Crippen LogP contribution in [0.15, 0.2) is 0 Å². The molecule has 1 saturated heterocycles. The standard InChI is InChI=1S/C44H68O10.6CH4/c1-10-38(7,34(47)53-40(9,11-2)41-16-27-12-28(17-41)14-29(13-27)18-41)23-39(8,22-36(3,4)33(46)51-31-15-32(45)52-37(31,5)6)35(48)54-44-21-30-19-42(49,25-44)24-43(50,20-30)26-44;;;;;;/h27-31,49-50H,10-26H2,1-9H3;6*1H4. The average molecular weight is 853 g/mol. The third-order valence-corrected chi connectivity index (χ3v) is 16.1. The number of carbonyl (C=O) groups is 4. The molecule has 60 heavy (non-hydrogen) atoms. The van der Waals surface area contributed by atoms with Crippen LogP contribution in [0.1, 0.15) is 216 Å². The maximum Gasteiger partial charge on any atom is 0.312 e. The molecule has 6 unspecified atom stereocenters. The van der Waals surface area contributed by atoms with Gasteiger partial charge in [-0.25, -0.2) is 0 Å². The van der Waals surface area contributed by atoms with E-state index < -0.39 is 68.3 Å². The monoisotopic (exact) mass is 853 g/mol. The van der Waals surface area contributed by atoms with E-state index in [0.29, 0.717) is 49.9 Å². The van der Waals surface area contributed by atoms with Crippen LogP contribution in [0.2, 0.25) is 0 Å². The molecule has 9 fully saturated rings. The van der Waals surface area contributed by atoms with Gasteiger partial charge in [-0.05, 0) is 156 Å². The van der Waals surface area contributed by atoms with Crippen LogP contribution in [0.3, 0.4) is 0 Å². The minimum Gasteiger partial charge on any atom is -0.458 e. The number of carbonyl (C=O) groups excluding carboxylic acids is 4. The van der Waals surface area contributed by atoms with E-state index in [4.69, 9.17) is 18.9 Å². The van der Waals surface area contributed by atoms with E-state index in [0.717, 1.165) is 19.3 Å². The first-order chi connectivity index (χ1) is 24.8. The Hall–Kier alpha value is -2.20. The molecule has 0 aromatic rings. The van der Waals surface area contributed by atoms with E-state index in [2.05, 4.69) is 13.8 Å². The van der Waals surface area contributed by atoms with Gasteiger partial charge in [-0.3, -0.25) is 19.2 Å². The highest BCUT2D eigenvalue weighted by molar-refractivity contribution is 5.83. The second kappa shape index (κ2) is 17.8. The molecule has 0 spiro atoms. The van der Waals surface area contributed by atoms with Crippen molar-refractivity contribution >= 4 is 23.9 Å². The highest BCUT2D eigenvalue weighted by atomic mass is 16.6. The van der Waals surface area contributed by atoms with Gasteiger partial charge >= 0.3 is 23.9 Å². The molecular weight excluding hydrogens is 761 g/mol. The fourth-order valence-corrected chi connectivity index (χ4v) is 14.1. The van der Waals surface area contributed by atoms with Crippen molar-refractivity contribution in [2.75, 3.05) is 0 Å². The molecule has 9 rings (SSSR count). The van der Waals surface area contributed by atoms with Gasteiger partial charge in [0.2, 0.25) is 0 Å². The van der Waals surface area contributed by atoms with Gasteiger partial charge in [-0.2, -0.15) is 0 Å². The third kappa shape index (κ3) is 9.65. The molecule has 10 heteroatoms. The Morgan fingerprint density at radius 1 is 0.667 bits per heavy atom. The lowest BCUT2D eigenvalue weighted by atomic mass is 9.45. The lowest BCUT2D eigenvalue weighted by molar-refractivity contribution is -0.265. The second-order valence-electron chi connectivity index (χ2n) is 22.1. The largest absolute Gasteiger partial charge is 0.458 e. The fraction of sp³-hybridized carbons (Fsp3) is 0.920. The Kier molecular flexibility index (Phi) is 16.5. The van der Waals surface area contributed by atoms with Crippen molar-refractivity contribution in [3.63, 3.8) is 0 Å². The predicted octanol–water partition coefficient (Wildman–Crippen LogP) is 11.3. The fourth-order valence-electron chi connectivity index (χ4n) is 14.1. The summed E-state index contributed by atoms with van der Waals surface area (Å²) in [5.74, 6) is 0.227. The zero-order valence-electron chi connectivity index (χ0n) is 34.6. The van der Waals surface area contributed by atoms with Gasteiger partial charge < -0.3 is 29.2 Å². The quantitative estimate of drug-likeness (QED) is 0.136. The van der Waals surface area contributed by atoms with Crippen LogP contribution in [0.5, 0.6) is 0 Å². The molecule has 2 N–H and O–H groups in total. The first kappa shape index (κ1) is 55.8. The van der Waals surface area contributed by atoms with Crippen molar-refractivity contribution in [3.8, 4) is 0 Å². The van der Waals surface area contributed by atoms with Gasteiger partial charge in [0, 0.05) is 24.7 Å². The Morgan fingerprint density at radius 2 is 1.17 bits per heavy atom. The van der Waals surface area contributed by atoms with Crippen molar-refractivity contribution in [3.05, 3.63) is 0 Å². The van der Waals surface area contributed by atoms with Crippen molar-refractivity contribution in [1.82, 2.24) is 0 Å². The minimum absolute atomic E-state index is 0. The number of hydrogen-bond acceptors (Lipinski definition) is 10. The van der Waals surface area contributed by atoms with Crippen LogP contribution < -0.4 is 0 Å². The summed E-state index contributed by atoms with van der Waals surface area (Å²) in [7, 11) is 0. The molecule has 1 heterocycles. The maximum atomic E-state index is 15.0. The van der Waals surface area contributed by atoms with E-state index in [1.54, 1.807) is 34.6 Å². The lowest BCUT2D eigenvalue weighted by Gasteiger charge is -2.62. The van der Waals surface area contributed by atoms with Crippen molar-refractivity contribution in [2.45, 2.75) is 250 Å².